The summed E-state index contributed by atoms with van der Waals surface area (Å²) in [7, 11) is 0. The number of aliphatic hydroxyl groups excluding tert-OH is 1. The predicted molar refractivity (Wildman–Crippen MR) is 94.4 cm³/mol. The van der Waals surface area contributed by atoms with Crippen molar-refractivity contribution in [1.82, 2.24) is 21.1 Å². The highest BCUT2D eigenvalue weighted by molar-refractivity contribution is 5.81. The van der Waals surface area contributed by atoms with E-state index in [1.165, 1.54) is 32.1 Å². The van der Waals surface area contributed by atoms with Gasteiger partial charge in [0.15, 0.2) is 0 Å². The molecular formula is C17H33N5O3. The highest BCUT2D eigenvalue weighted by Crippen LogP contribution is 2.24. The Morgan fingerprint density at radius 1 is 1.32 bits per heavy atom. The third-order valence-corrected chi connectivity index (χ3v) is 5.56. The van der Waals surface area contributed by atoms with Crippen LogP contribution >= 0.6 is 0 Å². The van der Waals surface area contributed by atoms with Crippen molar-refractivity contribution in [3.8, 4) is 0 Å². The fourth-order valence-corrected chi connectivity index (χ4v) is 4.05. The van der Waals surface area contributed by atoms with E-state index in [2.05, 4.69) is 21.1 Å². The number of nitrogens with two attached hydrogens (primary N) is 1. The molecule has 0 aromatic heterocycles. The second kappa shape index (κ2) is 9.25. The molecule has 3 fully saturated rings. The predicted octanol–water partition coefficient (Wildman–Crippen LogP) is -1.10. The molecule has 3 rings (SSSR count). The Morgan fingerprint density at radius 2 is 2.12 bits per heavy atom. The molecule has 4 atom stereocenters. The van der Waals surface area contributed by atoms with Crippen LogP contribution in [-0.2, 0) is 9.53 Å². The minimum absolute atomic E-state index is 0.0729. The summed E-state index contributed by atoms with van der Waals surface area (Å²) in [6.45, 7) is 3.64. The SMILES string of the molecule is NC(CC(O)C1CNCO1)C(=O)NC1CNN(CC2CCCCC2)C1. The molecule has 2 heterocycles. The van der Waals surface area contributed by atoms with E-state index < -0.39 is 12.1 Å². The lowest BCUT2D eigenvalue weighted by molar-refractivity contribution is -0.124. The number of aliphatic hydroxyl groups is 1. The first-order valence-electron chi connectivity index (χ1n) is 9.66. The fourth-order valence-electron chi connectivity index (χ4n) is 4.05. The van der Waals surface area contributed by atoms with Crippen molar-refractivity contribution in [1.29, 1.82) is 0 Å². The van der Waals surface area contributed by atoms with E-state index >= 15 is 0 Å². The number of carbonyl (C=O) groups excluding carboxylic acids is 1. The largest absolute Gasteiger partial charge is 0.390 e. The molecule has 2 saturated heterocycles. The van der Waals surface area contributed by atoms with Gasteiger partial charge >= 0.3 is 0 Å². The number of ether oxygens (including phenoxy) is 1. The molecule has 0 radical (unpaired) electrons. The minimum Gasteiger partial charge on any atom is -0.390 e. The van der Waals surface area contributed by atoms with Gasteiger partial charge in [-0.1, -0.05) is 19.3 Å². The Morgan fingerprint density at radius 3 is 2.84 bits per heavy atom. The molecule has 8 heteroatoms. The number of hydrogen-bond acceptors (Lipinski definition) is 7. The molecular weight excluding hydrogens is 322 g/mol. The smallest absolute Gasteiger partial charge is 0.237 e. The number of nitrogens with zero attached hydrogens (tertiary/aromatic N) is 1. The molecule has 25 heavy (non-hydrogen) atoms. The van der Waals surface area contributed by atoms with Gasteiger partial charge in [-0.15, -0.1) is 0 Å². The zero-order chi connectivity index (χ0) is 17.6. The third-order valence-electron chi connectivity index (χ3n) is 5.56. The summed E-state index contributed by atoms with van der Waals surface area (Å²) in [6, 6.07) is -0.643. The third kappa shape index (κ3) is 5.60. The number of hydrogen-bond donors (Lipinski definition) is 5. The second-order valence-electron chi connectivity index (χ2n) is 7.69. The molecule has 0 aromatic rings. The van der Waals surface area contributed by atoms with Crippen LogP contribution < -0.4 is 21.8 Å². The topological polar surface area (TPSA) is 112 Å². The van der Waals surface area contributed by atoms with Gasteiger partial charge in [0.2, 0.25) is 5.91 Å². The Hall–Kier alpha value is -0.770. The monoisotopic (exact) mass is 355 g/mol. The van der Waals surface area contributed by atoms with Crippen molar-refractivity contribution in [2.75, 3.05) is 32.9 Å². The molecule has 8 nitrogen and oxygen atoms in total. The summed E-state index contributed by atoms with van der Waals surface area (Å²) < 4.78 is 5.35. The summed E-state index contributed by atoms with van der Waals surface area (Å²) in [4.78, 5) is 12.3. The van der Waals surface area contributed by atoms with Crippen LogP contribution in [0.4, 0.5) is 0 Å². The van der Waals surface area contributed by atoms with Gasteiger partial charge in [0, 0.05) is 26.2 Å². The van der Waals surface area contributed by atoms with Crippen LogP contribution in [0, 0.1) is 5.92 Å². The zero-order valence-corrected chi connectivity index (χ0v) is 15.0. The van der Waals surface area contributed by atoms with Crippen molar-refractivity contribution >= 4 is 5.91 Å². The second-order valence-corrected chi connectivity index (χ2v) is 7.69. The van der Waals surface area contributed by atoms with Crippen molar-refractivity contribution in [2.45, 2.75) is 62.8 Å². The van der Waals surface area contributed by atoms with E-state index in [1.54, 1.807) is 0 Å². The fraction of sp³-hybridized carbons (Fsp3) is 0.941. The summed E-state index contributed by atoms with van der Waals surface area (Å²) in [6.07, 6.45) is 5.90. The minimum atomic E-state index is -0.722. The average Bonchev–Trinajstić information content (AvgIpc) is 3.28. The van der Waals surface area contributed by atoms with E-state index in [1.807, 2.05) is 0 Å². The van der Waals surface area contributed by atoms with E-state index in [4.69, 9.17) is 10.5 Å². The molecule has 4 unspecified atom stereocenters. The van der Waals surface area contributed by atoms with Gasteiger partial charge in [-0.05, 0) is 25.2 Å². The van der Waals surface area contributed by atoms with Crippen LogP contribution in [-0.4, -0.2) is 73.2 Å². The Bertz CT molecular complexity index is 427. The van der Waals surface area contributed by atoms with Gasteiger partial charge < -0.3 is 20.9 Å². The van der Waals surface area contributed by atoms with Crippen molar-refractivity contribution in [2.24, 2.45) is 11.7 Å². The van der Waals surface area contributed by atoms with Crippen LogP contribution in [0.25, 0.3) is 0 Å². The Labute approximate surface area is 149 Å². The maximum atomic E-state index is 12.3. The zero-order valence-electron chi connectivity index (χ0n) is 15.0. The molecule has 144 valence electrons. The highest BCUT2D eigenvalue weighted by atomic mass is 16.5. The molecule has 0 bridgehead atoms. The van der Waals surface area contributed by atoms with Crippen molar-refractivity contribution < 1.29 is 14.6 Å². The van der Waals surface area contributed by atoms with Gasteiger partial charge in [0.05, 0.1) is 31.0 Å². The molecule has 0 aromatic carbocycles. The molecule has 1 amide bonds. The van der Waals surface area contributed by atoms with Crippen LogP contribution in [0.5, 0.6) is 0 Å². The first-order valence-corrected chi connectivity index (χ1v) is 9.66. The highest BCUT2D eigenvalue weighted by Gasteiger charge is 2.30. The first-order chi connectivity index (χ1) is 12.1. The van der Waals surface area contributed by atoms with Gasteiger partial charge in [-0.2, -0.15) is 0 Å². The van der Waals surface area contributed by atoms with E-state index in [9.17, 15) is 9.90 Å². The summed E-state index contributed by atoms with van der Waals surface area (Å²) >= 11 is 0. The number of nitrogens with one attached hydrogen (secondary N) is 3. The summed E-state index contributed by atoms with van der Waals surface area (Å²) in [5.74, 6) is 0.574. The van der Waals surface area contributed by atoms with Crippen LogP contribution in [0.2, 0.25) is 0 Å². The van der Waals surface area contributed by atoms with Gasteiger partial charge in [-0.3, -0.25) is 15.5 Å². The number of hydrazine groups is 1. The molecule has 2 aliphatic heterocycles. The normalized spacial score (nSPS) is 31.1. The number of rotatable bonds is 7. The maximum absolute atomic E-state index is 12.3. The lowest BCUT2D eigenvalue weighted by Gasteiger charge is -2.26. The molecule has 6 N–H and O–H groups in total. The number of amides is 1. The average molecular weight is 355 g/mol. The molecule has 0 spiro atoms. The van der Waals surface area contributed by atoms with Gasteiger partial charge in [0.1, 0.15) is 0 Å². The lowest BCUT2D eigenvalue weighted by Crippen LogP contribution is -2.49. The van der Waals surface area contributed by atoms with Gasteiger partial charge in [-0.25, -0.2) is 5.01 Å². The standard InChI is InChI=1S/C17H33N5O3/c18-14(6-15(23)16-8-19-11-25-16)17(24)21-13-7-20-22(10-13)9-12-4-2-1-3-5-12/h12-16,19-20,23H,1-11,18H2,(H,21,24). The molecule has 1 saturated carbocycles. The quantitative estimate of drug-likeness (QED) is 0.394. The van der Waals surface area contributed by atoms with Crippen LogP contribution in [0.15, 0.2) is 0 Å². The van der Waals surface area contributed by atoms with Gasteiger partial charge in [0.25, 0.3) is 0 Å². The lowest BCUT2D eigenvalue weighted by atomic mass is 9.89. The first kappa shape index (κ1) is 19.0. The van der Waals surface area contributed by atoms with Crippen molar-refractivity contribution in [3.63, 3.8) is 0 Å². The summed E-state index contributed by atoms with van der Waals surface area (Å²) in [5, 5.41) is 18.4. The van der Waals surface area contributed by atoms with E-state index in [-0.39, 0.29) is 24.5 Å². The van der Waals surface area contributed by atoms with Crippen LogP contribution in [0.3, 0.4) is 0 Å². The van der Waals surface area contributed by atoms with Crippen LogP contribution in [0.1, 0.15) is 38.5 Å². The van der Waals surface area contributed by atoms with Crippen molar-refractivity contribution in [3.05, 3.63) is 0 Å². The number of carbonyl (C=O) groups is 1. The van der Waals surface area contributed by atoms with E-state index in [0.29, 0.717) is 13.3 Å². The maximum Gasteiger partial charge on any atom is 0.237 e. The molecule has 3 aliphatic rings. The Balaban J connectivity index is 1.36. The van der Waals surface area contributed by atoms with E-state index in [0.717, 1.165) is 25.6 Å². The molecule has 1 aliphatic carbocycles. The summed E-state index contributed by atoms with van der Waals surface area (Å²) in [5.41, 5.74) is 9.35. The Kier molecular flexibility index (Phi) is 7.03.